The van der Waals surface area contributed by atoms with Crippen LogP contribution in [-0.2, 0) is 13.1 Å². The molecule has 0 aliphatic carbocycles. The van der Waals surface area contributed by atoms with Crippen molar-refractivity contribution in [1.82, 2.24) is 10.2 Å². The third-order valence-corrected chi connectivity index (χ3v) is 4.19. The van der Waals surface area contributed by atoms with E-state index in [1.807, 2.05) is 0 Å². The van der Waals surface area contributed by atoms with Gasteiger partial charge in [0.05, 0.1) is 12.8 Å². The number of hydrogen-bond acceptors (Lipinski definition) is 3. The lowest BCUT2D eigenvalue weighted by Crippen LogP contribution is -2.52. The van der Waals surface area contributed by atoms with E-state index >= 15 is 0 Å². The van der Waals surface area contributed by atoms with Crippen molar-refractivity contribution >= 4 is 11.7 Å². The summed E-state index contributed by atoms with van der Waals surface area (Å²) in [6.07, 6.45) is -4.11. The van der Waals surface area contributed by atoms with E-state index in [2.05, 4.69) is 5.32 Å². The van der Waals surface area contributed by atoms with Crippen molar-refractivity contribution in [3.63, 3.8) is 0 Å². The van der Waals surface area contributed by atoms with Gasteiger partial charge in [-0.3, -0.25) is 4.90 Å². The van der Waals surface area contributed by atoms with E-state index in [4.69, 9.17) is 4.74 Å². The van der Waals surface area contributed by atoms with Crippen LogP contribution >= 0.6 is 0 Å². The highest BCUT2D eigenvalue weighted by Gasteiger charge is 2.38. The van der Waals surface area contributed by atoms with Crippen LogP contribution in [0.2, 0.25) is 0 Å². The summed E-state index contributed by atoms with van der Waals surface area (Å²) < 4.78 is 57.6. The molecule has 0 aromatic heterocycles. The third-order valence-electron chi connectivity index (χ3n) is 4.19. The van der Waals surface area contributed by atoms with Gasteiger partial charge in [-0.15, -0.1) is 0 Å². The van der Waals surface area contributed by atoms with Gasteiger partial charge in [0.1, 0.15) is 6.54 Å². The second kappa shape index (κ2) is 6.12. The summed E-state index contributed by atoms with van der Waals surface area (Å²) in [6, 6.07) is 0.828. The largest absolute Gasteiger partial charge is 0.492 e. The number of benzene rings is 1. The maximum Gasteiger partial charge on any atom is 0.406 e. The van der Waals surface area contributed by atoms with Gasteiger partial charge >= 0.3 is 12.2 Å². The number of anilines is 1. The van der Waals surface area contributed by atoms with Gasteiger partial charge in [0.15, 0.2) is 11.6 Å². The Kier molecular flexibility index (Phi) is 4.29. The molecule has 0 unspecified atom stereocenters. The molecule has 5 nitrogen and oxygen atoms in total. The molecule has 0 bridgehead atoms. The number of nitrogens with zero attached hydrogens (tertiary/aromatic N) is 2. The zero-order chi connectivity index (χ0) is 17.5. The van der Waals surface area contributed by atoms with Crippen LogP contribution in [0.4, 0.5) is 28.0 Å². The second-order valence-corrected chi connectivity index (χ2v) is 5.81. The van der Waals surface area contributed by atoms with Crippen LogP contribution in [0, 0.1) is 5.82 Å². The minimum Gasteiger partial charge on any atom is -0.492 e. The number of alkyl halides is 3. The van der Waals surface area contributed by atoms with Crippen LogP contribution < -0.4 is 15.0 Å². The van der Waals surface area contributed by atoms with E-state index in [1.165, 1.54) is 7.11 Å². The Hall–Kier alpha value is -2.03. The molecule has 24 heavy (non-hydrogen) atoms. The van der Waals surface area contributed by atoms with Crippen LogP contribution in [0.1, 0.15) is 17.5 Å². The van der Waals surface area contributed by atoms with E-state index in [1.54, 1.807) is 6.07 Å². The quantitative estimate of drug-likeness (QED) is 0.855. The van der Waals surface area contributed by atoms with Gasteiger partial charge in [0.2, 0.25) is 0 Å². The molecular weight excluding hydrogens is 330 g/mol. The van der Waals surface area contributed by atoms with E-state index in [0.29, 0.717) is 30.6 Å². The molecular formula is C15H17F4N3O2. The smallest absolute Gasteiger partial charge is 0.406 e. The summed E-state index contributed by atoms with van der Waals surface area (Å²) in [5, 5.41) is 3.00. The average Bonchev–Trinajstić information content (AvgIpc) is 2.97. The summed E-state index contributed by atoms with van der Waals surface area (Å²) in [6.45, 7) is -0.287. The molecule has 9 heteroatoms. The molecule has 1 aromatic rings. The molecule has 0 saturated carbocycles. The lowest BCUT2D eigenvalue weighted by Gasteiger charge is -2.36. The predicted molar refractivity (Wildman–Crippen MR) is 78.5 cm³/mol. The minimum absolute atomic E-state index is 0.0200. The molecule has 1 saturated heterocycles. The van der Waals surface area contributed by atoms with Crippen molar-refractivity contribution in [3.8, 4) is 5.75 Å². The summed E-state index contributed by atoms with van der Waals surface area (Å²) >= 11 is 0. The van der Waals surface area contributed by atoms with Gasteiger partial charge < -0.3 is 15.0 Å². The molecule has 1 aromatic carbocycles. The zero-order valence-corrected chi connectivity index (χ0v) is 13.0. The lowest BCUT2D eigenvalue weighted by molar-refractivity contribution is -0.140. The zero-order valence-electron chi connectivity index (χ0n) is 13.0. The molecule has 0 atom stereocenters. The van der Waals surface area contributed by atoms with Crippen LogP contribution in [0.15, 0.2) is 6.07 Å². The molecule has 132 valence electrons. The van der Waals surface area contributed by atoms with Crippen molar-refractivity contribution < 1.29 is 27.1 Å². The molecule has 2 heterocycles. The van der Waals surface area contributed by atoms with Crippen LogP contribution in [-0.4, -0.2) is 43.9 Å². The predicted octanol–water partition coefficient (Wildman–Crippen LogP) is 2.63. The molecule has 0 radical (unpaired) electrons. The van der Waals surface area contributed by atoms with Crippen molar-refractivity contribution in [2.45, 2.75) is 25.7 Å². The monoisotopic (exact) mass is 347 g/mol. The van der Waals surface area contributed by atoms with E-state index in [0.717, 1.165) is 9.80 Å². The fourth-order valence-electron chi connectivity index (χ4n) is 3.14. The number of methoxy groups -OCH3 is 1. The maximum atomic E-state index is 14.6. The highest BCUT2D eigenvalue weighted by molar-refractivity contribution is 5.94. The Labute approximate surface area is 136 Å². The van der Waals surface area contributed by atoms with Gasteiger partial charge in [-0.05, 0) is 18.1 Å². The SMILES string of the molecule is COc1c(N2CCCN(CC(F)(F)F)C2=O)cc2c(c1F)CNC2. The topological polar surface area (TPSA) is 44.8 Å². The van der Waals surface area contributed by atoms with Crippen molar-refractivity contribution in [2.75, 3.05) is 31.6 Å². The van der Waals surface area contributed by atoms with E-state index in [9.17, 15) is 22.4 Å². The normalized spacial score (nSPS) is 18.1. The number of nitrogens with one attached hydrogen (secondary N) is 1. The first-order valence-electron chi connectivity index (χ1n) is 7.54. The first kappa shape index (κ1) is 16.8. The first-order valence-corrected chi connectivity index (χ1v) is 7.54. The minimum atomic E-state index is -4.48. The Morgan fingerprint density at radius 3 is 2.71 bits per heavy atom. The Morgan fingerprint density at radius 2 is 2.04 bits per heavy atom. The highest BCUT2D eigenvalue weighted by Crippen LogP contribution is 2.38. The van der Waals surface area contributed by atoms with Crippen molar-refractivity contribution in [3.05, 3.63) is 23.0 Å². The number of rotatable bonds is 3. The highest BCUT2D eigenvalue weighted by atomic mass is 19.4. The van der Waals surface area contributed by atoms with Gasteiger partial charge in [0, 0.05) is 31.7 Å². The molecule has 0 spiro atoms. The number of carbonyl (C=O) groups is 1. The number of amides is 2. The Bertz CT molecular complexity index is 663. The lowest BCUT2D eigenvalue weighted by atomic mass is 10.1. The van der Waals surface area contributed by atoms with Gasteiger partial charge in [-0.2, -0.15) is 13.2 Å². The Morgan fingerprint density at radius 1 is 1.29 bits per heavy atom. The van der Waals surface area contributed by atoms with E-state index in [-0.39, 0.29) is 24.5 Å². The molecule has 3 rings (SSSR count). The van der Waals surface area contributed by atoms with Crippen LogP contribution in [0.3, 0.4) is 0 Å². The van der Waals surface area contributed by atoms with Gasteiger partial charge in [-0.25, -0.2) is 9.18 Å². The van der Waals surface area contributed by atoms with Crippen molar-refractivity contribution in [2.24, 2.45) is 0 Å². The maximum absolute atomic E-state index is 14.6. The van der Waals surface area contributed by atoms with Crippen LogP contribution in [0.25, 0.3) is 0 Å². The van der Waals surface area contributed by atoms with E-state index < -0.39 is 24.6 Å². The molecule has 1 fully saturated rings. The molecule has 2 amide bonds. The standard InChI is InChI=1S/C15H17F4N3O2/c1-24-13-11(5-9-6-20-7-10(9)12(13)16)22-4-2-3-21(14(22)23)8-15(17,18)19/h5,20H,2-4,6-8H2,1H3. The second-order valence-electron chi connectivity index (χ2n) is 5.81. The van der Waals surface area contributed by atoms with Gasteiger partial charge in [0.25, 0.3) is 0 Å². The molecule has 2 aliphatic rings. The summed E-state index contributed by atoms with van der Waals surface area (Å²) in [4.78, 5) is 14.3. The number of carbonyl (C=O) groups excluding carboxylic acids is 1. The number of urea groups is 1. The van der Waals surface area contributed by atoms with Crippen LogP contribution in [0.5, 0.6) is 5.75 Å². The average molecular weight is 347 g/mol. The Balaban J connectivity index is 1.96. The fourth-order valence-corrected chi connectivity index (χ4v) is 3.14. The van der Waals surface area contributed by atoms with Crippen molar-refractivity contribution in [1.29, 1.82) is 0 Å². The number of fused-ring (bicyclic) bond motifs is 1. The molecule has 1 N–H and O–H groups in total. The number of halogens is 4. The summed E-state index contributed by atoms with van der Waals surface area (Å²) in [5.41, 5.74) is 1.32. The summed E-state index contributed by atoms with van der Waals surface area (Å²) in [5.74, 6) is -0.685. The number of hydrogen-bond donors (Lipinski definition) is 1. The summed E-state index contributed by atoms with van der Waals surface area (Å²) in [7, 11) is 1.28. The first-order chi connectivity index (χ1) is 11.3. The van der Waals surface area contributed by atoms with Gasteiger partial charge in [-0.1, -0.05) is 0 Å². The fraction of sp³-hybridized carbons (Fsp3) is 0.533. The number of ether oxygens (including phenoxy) is 1. The third kappa shape index (κ3) is 3.00. The molecule has 2 aliphatic heterocycles.